The van der Waals surface area contributed by atoms with E-state index in [9.17, 15) is 14.7 Å². The SMILES string of the molecule is Cc1ccc(CSCC(=O)NC(C(=O)O)C(C)O)cc1. The molecule has 0 saturated heterocycles. The Morgan fingerprint density at radius 1 is 1.30 bits per heavy atom. The van der Waals surface area contributed by atoms with Crippen LogP contribution in [0.1, 0.15) is 18.1 Å². The molecule has 0 saturated carbocycles. The molecule has 0 aliphatic rings. The van der Waals surface area contributed by atoms with Gasteiger partial charge in [0.1, 0.15) is 0 Å². The molecule has 1 amide bonds. The Hall–Kier alpha value is -1.53. The number of carboxylic acids is 1. The number of aliphatic hydroxyl groups is 1. The van der Waals surface area contributed by atoms with Crippen LogP contribution in [0.4, 0.5) is 0 Å². The second kappa shape index (κ2) is 7.91. The highest BCUT2D eigenvalue weighted by molar-refractivity contribution is 7.99. The number of hydrogen-bond donors (Lipinski definition) is 3. The molecule has 0 aliphatic heterocycles. The normalized spacial score (nSPS) is 13.6. The van der Waals surface area contributed by atoms with Crippen molar-refractivity contribution in [1.82, 2.24) is 5.32 Å². The maximum atomic E-state index is 11.6. The van der Waals surface area contributed by atoms with Gasteiger partial charge in [-0.3, -0.25) is 4.79 Å². The van der Waals surface area contributed by atoms with Gasteiger partial charge in [0.05, 0.1) is 11.9 Å². The molecule has 0 fully saturated rings. The lowest BCUT2D eigenvalue weighted by Crippen LogP contribution is -2.48. The third-order valence-corrected chi connectivity index (χ3v) is 3.69. The molecular weight excluding hydrogens is 278 g/mol. The summed E-state index contributed by atoms with van der Waals surface area (Å²) in [5.41, 5.74) is 2.29. The molecule has 0 heterocycles. The third kappa shape index (κ3) is 5.63. The fourth-order valence-electron chi connectivity index (χ4n) is 1.55. The molecule has 1 aromatic rings. The predicted molar refractivity (Wildman–Crippen MR) is 78.6 cm³/mol. The first-order valence-corrected chi connectivity index (χ1v) is 7.39. The van der Waals surface area contributed by atoms with Crippen LogP contribution in [0.3, 0.4) is 0 Å². The molecule has 2 unspecified atom stereocenters. The van der Waals surface area contributed by atoms with E-state index in [4.69, 9.17) is 5.11 Å². The summed E-state index contributed by atoms with van der Waals surface area (Å²) < 4.78 is 0. The van der Waals surface area contributed by atoms with Gasteiger partial charge in [-0.15, -0.1) is 11.8 Å². The van der Waals surface area contributed by atoms with E-state index in [2.05, 4.69) is 5.32 Å². The summed E-state index contributed by atoms with van der Waals surface area (Å²) in [7, 11) is 0. The molecule has 0 bridgehead atoms. The van der Waals surface area contributed by atoms with Crippen molar-refractivity contribution in [3.8, 4) is 0 Å². The average Bonchev–Trinajstić information content (AvgIpc) is 2.37. The van der Waals surface area contributed by atoms with Gasteiger partial charge in [0, 0.05) is 5.75 Å². The van der Waals surface area contributed by atoms with Gasteiger partial charge in [-0.05, 0) is 19.4 Å². The molecule has 6 heteroatoms. The zero-order valence-electron chi connectivity index (χ0n) is 11.5. The summed E-state index contributed by atoms with van der Waals surface area (Å²) in [6.45, 7) is 3.34. The van der Waals surface area contributed by atoms with Crippen LogP contribution in [0.15, 0.2) is 24.3 Å². The van der Waals surface area contributed by atoms with E-state index in [-0.39, 0.29) is 5.75 Å². The summed E-state index contributed by atoms with van der Waals surface area (Å²) in [5, 5.41) is 20.4. The van der Waals surface area contributed by atoms with Gasteiger partial charge in [-0.25, -0.2) is 4.79 Å². The van der Waals surface area contributed by atoms with Crippen LogP contribution in [0, 0.1) is 6.92 Å². The van der Waals surface area contributed by atoms with Crippen molar-refractivity contribution in [2.45, 2.75) is 31.7 Å². The molecule has 1 rings (SSSR count). The smallest absolute Gasteiger partial charge is 0.328 e. The zero-order chi connectivity index (χ0) is 15.1. The molecule has 0 aromatic heterocycles. The van der Waals surface area contributed by atoms with E-state index < -0.39 is 24.0 Å². The number of amides is 1. The monoisotopic (exact) mass is 297 g/mol. The summed E-state index contributed by atoms with van der Waals surface area (Å²) in [6, 6.07) is 6.74. The van der Waals surface area contributed by atoms with Crippen LogP contribution >= 0.6 is 11.8 Å². The number of aliphatic hydroxyl groups excluding tert-OH is 1. The van der Waals surface area contributed by atoms with E-state index in [0.29, 0.717) is 5.75 Å². The van der Waals surface area contributed by atoms with Gasteiger partial charge in [0.15, 0.2) is 6.04 Å². The Kier molecular flexibility index (Phi) is 6.54. The highest BCUT2D eigenvalue weighted by Crippen LogP contribution is 2.12. The van der Waals surface area contributed by atoms with E-state index in [0.717, 1.165) is 5.56 Å². The largest absolute Gasteiger partial charge is 0.480 e. The Morgan fingerprint density at radius 2 is 1.90 bits per heavy atom. The van der Waals surface area contributed by atoms with Gasteiger partial charge in [0.25, 0.3) is 0 Å². The first kappa shape index (κ1) is 16.5. The number of carboxylic acid groups (broad SMARTS) is 1. The van der Waals surface area contributed by atoms with Gasteiger partial charge < -0.3 is 15.5 Å². The molecule has 110 valence electrons. The van der Waals surface area contributed by atoms with Crippen molar-refractivity contribution in [2.75, 3.05) is 5.75 Å². The number of thioether (sulfide) groups is 1. The van der Waals surface area contributed by atoms with Crippen LogP contribution in [0.2, 0.25) is 0 Å². The maximum Gasteiger partial charge on any atom is 0.328 e. The summed E-state index contributed by atoms with van der Waals surface area (Å²) in [5.74, 6) is -0.794. The van der Waals surface area contributed by atoms with Crippen molar-refractivity contribution in [1.29, 1.82) is 0 Å². The number of aryl methyl sites for hydroxylation is 1. The number of carbonyl (C=O) groups is 2. The number of nitrogens with one attached hydrogen (secondary N) is 1. The molecule has 0 aliphatic carbocycles. The van der Waals surface area contributed by atoms with Gasteiger partial charge in [0.2, 0.25) is 5.91 Å². The Morgan fingerprint density at radius 3 is 2.40 bits per heavy atom. The van der Waals surface area contributed by atoms with Gasteiger partial charge >= 0.3 is 5.97 Å². The van der Waals surface area contributed by atoms with Crippen LogP contribution in [0.25, 0.3) is 0 Å². The molecule has 3 N–H and O–H groups in total. The first-order chi connectivity index (χ1) is 9.40. The molecule has 5 nitrogen and oxygen atoms in total. The minimum absolute atomic E-state index is 0.157. The zero-order valence-corrected chi connectivity index (χ0v) is 12.3. The molecule has 0 spiro atoms. The molecule has 2 atom stereocenters. The highest BCUT2D eigenvalue weighted by Gasteiger charge is 2.24. The lowest BCUT2D eigenvalue weighted by molar-refractivity contribution is -0.144. The average molecular weight is 297 g/mol. The lowest BCUT2D eigenvalue weighted by atomic mass is 10.2. The maximum absolute atomic E-state index is 11.6. The number of carbonyl (C=O) groups excluding carboxylic acids is 1. The number of aliphatic carboxylic acids is 1. The van der Waals surface area contributed by atoms with Crippen molar-refractivity contribution in [2.24, 2.45) is 0 Å². The summed E-state index contributed by atoms with van der Waals surface area (Å²) in [4.78, 5) is 22.4. The summed E-state index contributed by atoms with van der Waals surface area (Å²) in [6.07, 6.45) is -1.13. The van der Waals surface area contributed by atoms with Crippen molar-refractivity contribution >= 4 is 23.6 Å². The predicted octanol–water partition coefficient (Wildman–Crippen LogP) is 1.18. The van der Waals surface area contributed by atoms with Crippen LogP contribution in [-0.4, -0.2) is 40.0 Å². The quantitative estimate of drug-likeness (QED) is 0.703. The number of hydrogen-bond acceptors (Lipinski definition) is 4. The highest BCUT2D eigenvalue weighted by atomic mass is 32.2. The summed E-state index contributed by atoms with van der Waals surface area (Å²) >= 11 is 1.40. The Balaban J connectivity index is 2.36. The van der Waals surface area contributed by atoms with Crippen molar-refractivity contribution < 1.29 is 19.8 Å². The minimum Gasteiger partial charge on any atom is -0.480 e. The Bertz CT molecular complexity index is 459. The van der Waals surface area contributed by atoms with Crippen LogP contribution in [-0.2, 0) is 15.3 Å². The second-order valence-corrected chi connectivity index (χ2v) is 5.59. The standard InChI is InChI=1S/C14H19NO4S/c1-9-3-5-11(6-4-9)7-20-8-12(17)15-13(10(2)16)14(18)19/h3-6,10,13,16H,7-8H2,1-2H3,(H,15,17)(H,18,19). The van der Waals surface area contributed by atoms with Crippen molar-refractivity contribution in [3.05, 3.63) is 35.4 Å². The van der Waals surface area contributed by atoms with Crippen molar-refractivity contribution in [3.63, 3.8) is 0 Å². The third-order valence-electron chi connectivity index (χ3n) is 2.69. The topological polar surface area (TPSA) is 86.6 Å². The van der Waals surface area contributed by atoms with E-state index in [1.807, 2.05) is 31.2 Å². The number of rotatable bonds is 7. The van der Waals surface area contributed by atoms with Crippen LogP contribution in [0.5, 0.6) is 0 Å². The van der Waals surface area contributed by atoms with E-state index in [1.165, 1.54) is 24.2 Å². The second-order valence-electron chi connectivity index (χ2n) is 4.60. The van der Waals surface area contributed by atoms with Gasteiger partial charge in [-0.2, -0.15) is 0 Å². The van der Waals surface area contributed by atoms with E-state index in [1.54, 1.807) is 0 Å². The molecule has 20 heavy (non-hydrogen) atoms. The van der Waals surface area contributed by atoms with Gasteiger partial charge in [-0.1, -0.05) is 29.8 Å². The first-order valence-electron chi connectivity index (χ1n) is 6.23. The molecule has 1 aromatic carbocycles. The van der Waals surface area contributed by atoms with E-state index >= 15 is 0 Å². The minimum atomic E-state index is -1.26. The van der Waals surface area contributed by atoms with Crippen LogP contribution < -0.4 is 5.32 Å². The lowest BCUT2D eigenvalue weighted by Gasteiger charge is -2.16. The Labute approximate surface area is 122 Å². The molecule has 0 radical (unpaired) electrons. The number of benzene rings is 1. The fourth-order valence-corrected chi connectivity index (χ4v) is 2.35. The molecular formula is C14H19NO4S. The fraction of sp³-hybridized carbons (Fsp3) is 0.429.